The van der Waals surface area contributed by atoms with Crippen LogP contribution in [-0.2, 0) is 14.8 Å². The molecule has 0 aliphatic carbocycles. The van der Waals surface area contributed by atoms with Gasteiger partial charge in [0.2, 0.25) is 15.9 Å². The first kappa shape index (κ1) is 16.1. The van der Waals surface area contributed by atoms with Gasteiger partial charge in [-0.1, -0.05) is 19.1 Å². The van der Waals surface area contributed by atoms with E-state index in [9.17, 15) is 13.2 Å². The number of carbonyl (C=O) groups is 1. The third-order valence-corrected chi connectivity index (χ3v) is 4.50. The molecule has 7 heteroatoms. The summed E-state index contributed by atoms with van der Waals surface area (Å²) in [5.41, 5.74) is 0.0633. The topological polar surface area (TPSA) is 90.3 Å². The van der Waals surface area contributed by atoms with Crippen molar-refractivity contribution in [3.63, 3.8) is 0 Å². The molecule has 0 saturated heterocycles. The molecule has 1 amide bonds. The van der Waals surface area contributed by atoms with Crippen LogP contribution in [-0.4, -0.2) is 38.8 Å². The van der Waals surface area contributed by atoms with Gasteiger partial charge < -0.3 is 5.32 Å². The SMILES string of the molecule is CCCNC(=O)CN(C)S(=O)(=O)c1ccccc1C#N. The van der Waals surface area contributed by atoms with Crippen molar-refractivity contribution < 1.29 is 13.2 Å². The molecule has 0 fully saturated rings. The van der Waals surface area contributed by atoms with E-state index < -0.39 is 10.0 Å². The van der Waals surface area contributed by atoms with Gasteiger partial charge in [0.15, 0.2) is 0 Å². The highest BCUT2D eigenvalue weighted by atomic mass is 32.2. The first-order valence-electron chi connectivity index (χ1n) is 6.15. The fraction of sp³-hybridized carbons (Fsp3) is 0.385. The van der Waals surface area contributed by atoms with Crippen molar-refractivity contribution in [2.75, 3.05) is 20.1 Å². The highest BCUT2D eigenvalue weighted by Crippen LogP contribution is 2.18. The predicted molar refractivity (Wildman–Crippen MR) is 74.3 cm³/mol. The van der Waals surface area contributed by atoms with E-state index in [2.05, 4.69) is 5.32 Å². The molecule has 108 valence electrons. The van der Waals surface area contributed by atoms with Gasteiger partial charge >= 0.3 is 0 Å². The zero-order valence-corrected chi connectivity index (χ0v) is 12.3. The minimum absolute atomic E-state index is 0.0633. The van der Waals surface area contributed by atoms with E-state index in [1.807, 2.05) is 13.0 Å². The van der Waals surface area contributed by atoms with Gasteiger partial charge in [0.1, 0.15) is 6.07 Å². The number of likely N-dealkylation sites (N-methyl/N-ethyl adjacent to an activating group) is 1. The van der Waals surface area contributed by atoms with Gasteiger partial charge in [0, 0.05) is 13.6 Å². The van der Waals surface area contributed by atoms with Crippen LogP contribution in [0.1, 0.15) is 18.9 Å². The van der Waals surface area contributed by atoms with Gasteiger partial charge in [-0.3, -0.25) is 4.79 Å². The van der Waals surface area contributed by atoms with Crippen LogP contribution in [0.25, 0.3) is 0 Å². The van der Waals surface area contributed by atoms with Crippen molar-refractivity contribution in [3.8, 4) is 6.07 Å². The minimum atomic E-state index is -3.85. The van der Waals surface area contributed by atoms with Gasteiger partial charge in [-0.05, 0) is 18.6 Å². The molecule has 6 nitrogen and oxygen atoms in total. The molecule has 0 aliphatic heterocycles. The van der Waals surface area contributed by atoms with E-state index in [1.165, 1.54) is 19.2 Å². The Balaban J connectivity index is 2.94. The molecule has 0 aliphatic rings. The average Bonchev–Trinajstić information content (AvgIpc) is 2.44. The zero-order chi connectivity index (χ0) is 15.2. The van der Waals surface area contributed by atoms with E-state index in [-0.39, 0.29) is 22.9 Å². The van der Waals surface area contributed by atoms with Gasteiger partial charge in [0.05, 0.1) is 17.0 Å². The molecule has 0 atom stereocenters. The Morgan fingerprint density at radius 2 is 2.05 bits per heavy atom. The van der Waals surface area contributed by atoms with Crippen LogP contribution < -0.4 is 5.32 Å². The number of nitrogens with one attached hydrogen (secondary N) is 1. The van der Waals surface area contributed by atoms with Crippen molar-refractivity contribution in [3.05, 3.63) is 29.8 Å². The minimum Gasteiger partial charge on any atom is -0.355 e. The smallest absolute Gasteiger partial charge is 0.244 e. The summed E-state index contributed by atoms with van der Waals surface area (Å²) < 4.78 is 25.6. The second-order valence-corrected chi connectivity index (χ2v) is 6.23. The number of carbonyl (C=O) groups excluding carboxylic acids is 1. The van der Waals surface area contributed by atoms with E-state index >= 15 is 0 Å². The van der Waals surface area contributed by atoms with E-state index in [0.717, 1.165) is 10.7 Å². The Bertz CT molecular complexity index is 620. The van der Waals surface area contributed by atoms with Crippen molar-refractivity contribution in [1.29, 1.82) is 5.26 Å². The number of sulfonamides is 1. The Hall–Kier alpha value is -1.91. The molecule has 0 heterocycles. The Kier molecular flexibility index (Phi) is 5.67. The summed E-state index contributed by atoms with van der Waals surface area (Å²) in [6, 6.07) is 7.75. The fourth-order valence-corrected chi connectivity index (χ4v) is 2.82. The highest BCUT2D eigenvalue weighted by Gasteiger charge is 2.25. The van der Waals surface area contributed by atoms with Crippen LogP contribution >= 0.6 is 0 Å². The summed E-state index contributed by atoms with van der Waals surface area (Å²) in [5.74, 6) is -0.368. The largest absolute Gasteiger partial charge is 0.355 e. The molecule has 0 saturated carbocycles. The second kappa shape index (κ2) is 7.03. The summed E-state index contributed by atoms with van der Waals surface area (Å²) in [6.07, 6.45) is 0.777. The van der Waals surface area contributed by atoms with E-state index in [1.54, 1.807) is 12.1 Å². The van der Waals surface area contributed by atoms with Crippen molar-refractivity contribution in [2.45, 2.75) is 18.2 Å². The lowest BCUT2D eigenvalue weighted by Crippen LogP contribution is -2.38. The Morgan fingerprint density at radius 1 is 1.40 bits per heavy atom. The maximum atomic E-state index is 12.3. The van der Waals surface area contributed by atoms with E-state index in [0.29, 0.717) is 6.54 Å². The summed E-state index contributed by atoms with van der Waals surface area (Å²) >= 11 is 0. The molecule has 1 aromatic rings. The molecule has 0 radical (unpaired) electrons. The number of nitrogens with zero attached hydrogens (tertiary/aromatic N) is 2. The van der Waals surface area contributed by atoms with Crippen molar-refractivity contribution in [2.24, 2.45) is 0 Å². The first-order valence-corrected chi connectivity index (χ1v) is 7.59. The average molecular weight is 295 g/mol. The molecule has 0 aromatic heterocycles. The zero-order valence-electron chi connectivity index (χ0n) is 11.5. The monoisotopic (exact) mass is 295 g/mol. The third-order valence-electron chi connectivity index (χ3n) is 2.63. The van der Waals surface area contributed by atoms with Crippen LogP contribution in [0.2, 0.25) is 0 Å². The molecule has 1 aromatic carbocycles. The van der Waals surface area contributed by atoms with Crippen molar-refractivity contribution in [1.82, 2.24) is 9.62 Å². The Labute approximate surface area is 119 Å². The summed E-state index contributed by atoms with van der Waals surface area (Å²) in [6.45, 7) is 2.13. The van der Waals surface area contributed by atoms with Gasteiger partial charge in [-0.15, -0.1) is 0 Å². The number of amides is 1. The molecule has 1 rings (SSSR count). The first-order chi connectivity index (χ1) is 9.43. The van der Waals surface area contributed by atoms with Crippen LogP contribution in [0, 0.1) is 11.3 Å². The molecule has 0 spiro atoms. The third kappa shape index (κ3) is 3.79. The van der Waals surface area contributed by atoms with Gasteiger partial charge in [-0.25, -0.2) is 8.42 Å². The molecule has 0 bridgehead atoms. The Morgan fingerprint density at radius 3 is 2.65 bits per heavy atom. The van der Waals surface area contributed by atoms with Gasteiger partial charge in [0.25, 0.3) is 0 Å². The molecular weight excluding hydrogens is 278 g/mol. The summed E-state index contributed by atoms with van der Waals surface area (Å²) in [7, 11) is -2.54. The quantitative estimate of drug-likeness (QED) is 0.836. The molecule has 1 N–H and O–H groups in total. The van der Waals surface area contributed by atoms with Crippen LogP contribution in [0.15, 0.2) is 29.2 Å². The molecule has 20 heavy (non-hydrogen) atoms. The normalized spacial score (nSPS) is 11.1. The number of hydrogen-bond acceptors (Lipinski definition) is 4. The van der Waals surface area contributed by atoms with Crippen LogP contribution in [0.4, 0.5) is 0 Å². The second-order valence-electron chi connectivity index (χ2n) is 4.22. The lowest BCUT2D eigenvalue weighted by molar-refractivity contribution is -0.121. The summed E-state index contributed by atoms with van der Waals surface area (Å²) in [4.78, 5) is 11.5. The van der Waals surface area contributed by atoms with Crippen LogP contribution in [0.5, 0.6) is 0 Å². The predicted octanol–water partition coefficient (Wildman–Crippen LogP) is 0.705. The van der Waals surface area contributed by atoms with Crippen molar-refractivity contribution >= 4 is 15.9 Å². The lowest BCUT2D eigenvalue weighted by atomic mass is 10.2. The number of rotatable bonds is 6. The number of nitriles is 1. The molecular formula is C13H17N3O3S. The number of benzene rings is 1. The summed E-state index contributed by atoms with van der Waals surface area (Å²) in [5, 5.41) is 11.6. The number of hydrogen-bond donors (Lipinski definition) is 1. The highest BCUT2D eigenvalue weighted by molar-refractivity contribution is 7.89. The van der Waals surface area contributed by atoms with E-state index in [4.69, 9.17) is 5.26 Å². The fourth-order valence-electron chi connectivity index (χ4n) is 1.56. The molecule has 0 unspecified atom stereocenters. The van der Waals surface area contributed by atoms with Gasteiger partial charge in [-0.2, -0.15) is 9.57 Å². The standard InChI is InChI=1S/C13H17N3O3S/c1-3-8-15-13(17)10-16(2)20(18,19)12-7-5-4-6-11(12)9-14/h4-7H,3,8,10H2,1-2H3,(H,15,17). The maximum absolute atomic E-state index is 12.3. The lowest BCUT2D eigenvalue weighted by Gasteiger charge is -2.17. The van der Waals surface area contributed by atoms with Crippen LogP contribution in [0.3, 0.4) is 0 Å². The maximum Gasteiger partial charge on any atom is 0.244 e.